The van der Waals surface area contributed by atoms with E-state index < -0.39 is 15.7 Å². The Balaban J connectivity index is 3.14. The van der Waals surface area contributed by atoms with Gasteiger partial charge in [0.25, 0.3) is 0 Å². The van der Waals surface area contributed by atoms with E-state index in [2.05, 4.69) is 0 Å². The molecule has 0 aromatic heterocycles. The van der Waals surface area contributed by atoms with E-state index in [1.165, 1.54) is 0 Å². The van der Waals surface area contributed by atoms with Gasteiger partial charge in [0.05, 0.1) is 0 Å². The maximum atomic E-state index is 12.9. The molecule has 130 valence electrons. The molecule has 1 aromatic carbocycles. The number of benzene rings is 1. The molecule has 0 saturated carbocycles. The van der Waals surface area contributed by atoms with Crippen LogP contribution in [-0.4, -0.2) is 31.3 Å². The third kappa shape index (κ3) is 4.66. The fraction of sp³-hybridized carbons (Fsp3) is 0.529. The second-order valence-electron chi connectivity index (χ2n) is 5.70. The van der Waals surface area contributed by atoms with Gasteiger partial charge in [-0.25, -0.2) is 0 Å². The first-order valence-corrected chi connectivity index (χ1v) is 13.5. The van der Waals surface area contributed by atoms with Crippen molar-refractivity contribution in [3.63, 3.8) is 0 Å². The Labute approximate surface area is 151 Å². The molecule has 0 heterocycles. The average molecular weight is 452 g/mol. The predicted molar refractivity (Wildman–Crippen MR) is 105 cm³/mol. The van der Waals surface area contributed by atoms with Crippen LogP contribution in [0.3, 0.4) is 0 Å². The Morgan fingerprint density at radius 1 is 0.957 bits per heavy atom. The molecular weight excluding hydrogens is 426 g/mol. The van der Waals surface area contributed by atoms with E-state index in [0.29, 0.717) is 18.5 Å². The Morgan fingerprint density at radius 2 is 1.39 bits per heavy atom. The summed E-state index contributed by atoms with van der Waals surface area (Å²) in [6.45, 7) is 6.43. The monoisotopic (exact) mass is 452 g/mol. The molecule has 1 aromatic rings. The summed E-state index contributed by atoms with van der Waals surface area (Å²) in [7, 11) is 0. The molecule has 1 rings (SSSR count). The Morgan fingerprint density at radius 3 is 1.78 bits per heavy atom. The van der Waals surface area contributed by atoms with Crippen LogP contribution in [0.2, 0.25) is 0 Å². The van der Waals surface area contributed by atoms with Crippen molar-refractivity contribution in [1.82, 2.24) is 0 Å². The van der Waals surface area contributed by atoms with Gasteiger partial charge in [-0.05, 0) is 0 Å². The van der Waals surface area contributed by atoms with Crippen molar-refractivity contribution in [3.8, 4) is 0 Å². The quantitative estimate of drug-likeness (QED) is 0.273. The van der Waals surface area contributed by atoms with Crippen LogP contribution in [0.5, 0.6) is 0 Å². The Kier molecular flexibility index (Phi) is 7.95. The molecular formula is C17H26IO4P. The molecule has 0 aliphatic heterocycles. The molecule has 0 saturated heterocycles. The van der Waals surface area contributed by atoms with E-state index in [1.54, 1.807) is 6.66 Å². The van der Waals surface area contributed by atoms with Crippen molar-refractivity contribution in [1.29, 1.82) is 0 Å². The van der Waals surface area contributed by atoms with Crippen molar-refractivity contribution in [2.45, 2.75) is 39.5 Å². The van der Waals surface area contributed by atoms with Crippen LogP contribution in [0.1, 0.15) is 39.5 Å². The third-order valence-corrected chi connectivity index (χ3v) is 11.2. The zero-order valence-electron chi connectivity index (χ0n) is 14.1. The topological polar surface area (TPSA) is 52.6 Å². The van der Waals surface area contributed by atoms with E-state index in [4.69, 9.17) is 9.47 Å². The van der Waals surface area contributed by atoms with Crippen LogP contribution in [0.4, 0.5) is 9.59 Å². The molecule has 0 atom stereocenters. The van der Waals surface area contributed by atoms with E-state index in [-0.39, 0.29) is 0 Å². The first-order valence-electron chi connectivity index (χ1n) is 8.01. The van der Waals surface area contributed by atoms with E-state index in [1.807, 2.05) is 66.2 Å². The number of rotatable bonds is 9. The minimum absolute atomic E-state index is 0.332. The molecule has 0 amide bonds. The fourth-order valence-corrected chi connectivity index (χ4v) is 6.03. The Hall–Kier alpha value is -0.680. The number of halogens is 1. The van der Waals surface area contributed by atoms with Gasteiger partial charge in [-0.3, -0.25) is 0 Å². The van der Waals surface area contributed by atoms with Crippen molar-refractivity contribution in [3.05, 3.63) is 30.3 Å². The molecule has 0 bridgehead atoms. The van der Waals surface area contributed by atoms with Gasteiger partial charge in [0.15, 0.2) is 0 Å². The molecule has 0 fully saturated rings. The summed E-state index contributed by atoms with van der Waals surface area (Å²) in [6.07, 6.45) is 3.43. The second-order valence-corrected chi connectivity index (χ2v) is 17.0. The number of carbonyl (C=O) groups excluding carboxylic acids is 2. The molecule has 23 heavy (non-hydrogen) atoms. The minimum atomic E-state index is -3.68. The van der Waals surface area contributed by atoms with Gasteiger partial charge < -0.3 is 0 Å². The summed E-state index contributed by atoms with van der Waals surface area (Å²) in [6, 6.07) is 9.15. The molecule has 0 unspecified atom stereocenters. The van der Waals surface area contributed by atoms with Crippen molar-refractivity contribution >= 4 is 43.0 Å². The Bertz CT molecular complexity index is 505. The van der Waals surface area contributed by atoms with Crippen LogP contribution in [0.15, 0.2) is 30.3 Å². The first-order chi connectivity index (χ1) is 10.9. The van der Waals surface area contributed by atoms with E-state index >= 15 is 0 Å². The van der Waals surface area contributed by atoms with Gasteiger partial charge in [0, 0.05) is 0 Å². The van der Waals surface area contributed by atoms with Crippen LogP contribution in [0, 0.1) is 0 Å². The van der Waals surface area contributed by atoms with Gasteiger partial charge in [-0.1, -0.05) is 0 Å². The molecule has 0 spiro atoms. The van der Waals surface area contributed by atoms with Crippen LogP contribution in [-0.2, 0) is 9.47 Å². The van der Waals surface area contributed by atoms with E-state index in [0.717, 1.165) is 25.7 Å². The first kappa shape index (κ1) is 20.4. The molecule has 0 aliphatic rings. The van der Waals surface area contributed by atoms with Gasteiger partial charge in [0.1, 0.15) is 0 Å². The van der Waals surface area contributed by atoms with Crippen LogP contribution in [0.25, 0.3) is 0 Å². The summed E-state index contributed by atoms with van der Waals surface area (Å²) < 4.78 is 7.21. The van der Waals surface area contributed by atoms with Gasteiger partial charge in [-0.15, -0.1) is 0 Å². The SMILES string of the molecule is CCCCOC(=O)P(C)(I)(C(=O)OCCCC)c1ccccc1. The summed E-state index contributed by atoms with van der Waals surface area (Å²) in [5.41, 5.74) is -0.893. The normalized spacial score (nSPS) is 13.0. The predicted octanol–water partition coefficient (Wildman–Crippen LogP) is 5.72. The van der Waals surface area contributed by atoms with Gasteiger partial charge >= 0.3 is 152 Å². The molecule has 0 aliphatic carbocycles. The maximum absolute atomic E-state index is 12.9. The third-order valence-electron chi connectivity index (χ3n) is 3.69. The zero-order valence-corrected chi connectivity index (χ0v) is 17.1. The van der Waals surface area contributed by atoms with Gasteiger partial charge in [-0.2, -0.15) is 0 Å². The molecule has 0 radical (unpaired) electrons. The summed E-state index contributed by atoms with van der Waals surface area (Å²) in [4.78, 5) is 25.7. The standard InChI is InChI=1S/C17H26IO4P/c1-4-6-13-21-16(19)23(3,18,15-11-9-8-10-12-15)17(20)22-14-7-5-2/h8-12H,4-7,13-14H2,1-3H3. The van der Waals surface area contributed by atoms with Crippen LogP contribution >= 0.6 is 26.3 Å². The van der Waals surface area contributed by atoms with Crippen molar-refractivity contribution < 1.29 is 19.1 Å². The van der Waals surface area contributed by atoms with Gasteiger partial charge in [0.2, 0.25) is 0 Å². The van der Waals surface area contributed by atoms with Crippen molar-refractivity contribution in [2.24, 2.45) is 0 Å². The number of hydrogen-bond acceptors (Lipinski definition) is 4. The number of ether oxygens (including phenoxy) is 2. The summed E-state index contributed by atoms with van der Waals surface area (Å²) >= 11 is 2.01. The van der Waals surface area contributed by atoms with Crippen molar-refractivity contribution in [2.75, 3.05) is 19.9 Å². The summed E-state index contributed by atoms with van der Waals surface area (Å²) in [5, 5.41) is 0.696. The average Bonchev–Trinajstić information content (AvgIpc) is 2.56. The number of carbonyl (C=O) groups is 2. The van der Waals surface area contributed by atoms with E-state index in [9.17, 15) is 9.59 Å². The second kappa shape index (κ2) is 8.97. The molecule has 6 heteroatoms. The molecule has 4 nitrogen and oxygen atoms in total. The summed E-state index contributed by atoms with van der Waals surface area (Å²) in [5.74, 6) is 0. The fourth-order valence-electron chi connectivity index (χ4n) is 1.98. The number of unbranched alkanes of at least 4 members (excludes halogenated alkanes) is 2. The molecule has 0 N–H and O–H groups in total. The number of hydrogen-bond donors (Lipinski definition) is 0. The zero-order chi connectivity index (χ0) is 17.4. The van der Waals surface area contributed by atoms with Crippen LogP contribution < -0.4 is 5.30 Å².